The molecule has 1 saturated carbocycles. The number of aliphatic imine (C=N–C) groups is 1. The lowest BCUT2D eigenvalue weighted by Crippen LogP contribution is -2.55. The Balaban J connectivity index is 1.67. The summed E-state index contributed by atoms with van der Waals surface area (Å²) >= 11 is 0. The number of methoxy groups -OCH3 is 1. The lowest BCUT2D eigenvalue weighted by Gasteiger charge is -2.34. The molecular formula is C23H31F2N5O6S. The first kappa shape index (κ1) is 28.3. The Kier molecular flexibility index (Phi) is 8.74. The summed E-state index contributed by atoms with van der Waals surface area (Å²) in [4.78, 5) is 29.9. The number of nitrogens with one attached hydrogen (secondary N) is 1. The van der Waals surface area contributed by atoms with Crippen LogP contribution in [0.1, 0.15) is 18.4 Å². The molecule has 0 unspecified atom stereocenters. The Labute approximate surface area is 214 Å². The fraction of sp³-hybridized carbons (Fsp3) is 0.522. The second-order valence-corrected chi connectivity index (χ2v) is 10.7. The summed E-state index contributed by atoms with van der Waals surface area (Å²) in [6.45, 7) is -0.681. The molecule has 1 aromatic carbocycles. The third kappa shape index (κ3) is 7.16. The van der Waals surface area contributed by atoms with E-state index in [1.165, 1.54) is 32.4 Å². The molecule has 0 aromatic heterocycles. The monoisotopic (exact) mass is 543 g/mol. The number of rotatable bonds is 10. The number of piperazine rings is 1. The number of nitrogens with zero attached hydrogens (tertiary/aromatic N) is 3. The van der Waals surface area contributed by atoms with Crippen molar-refractivity contribution in [1.29, 1.82) is 0 Å². The zero-order chi connectivity index (χ0) is 27.4. The highest BCUT2D eigenvalue weighted by Crippen LogP contribution is 2.36. The molecule has 0 bridgehead atoms. The Hall–Kier alpha value is -3.26. The largest absolute Gasteiger partial charge is 0.492 e. The van der Waals surface area contributed by atoms with E-state index in [1.54, 1.807) is 6.07 Å². The van der Waals surface area contributed by atoms with Crippen molar-refractivity contribution in [2.45, 2.75) is 25.5 Å². The van der Waals surface area contributed by atoms with Crippen LogP contribution < -0.4 is 20.5 Å². The summed E-state index contributed by atoms with van der Waals surface area (Å²) in [7, 11) is -0.781. The first-order chi connectivity index (χ1) is 17.4. The molecule has 14 heteroatoms. The second-order valence-electron chi connectivity index (χ2n) is 8.73. The number of para-hydroxylation sites is 1. The minimum Gasteiger partial charge on any atom is -0.492 e. The van der Waals surface area contributed by atoms with Gasteiger partial charge in [0.15, 0.2) is 11.5 Å². The summed E-state index contributed by atoms with van der Waals surface area (Å²) in [6.07, 6.45) is 0.227. The van der Waals surface area contributed by atoms with Crippen LogP contribution in [0.15, 0.2) is 35.0 Å². The number of hydrogen-bond donors (Lipinski definition) is 2. The molecule has 3 N–H and O–H groups in total. The number of amides is 2. The van der Waals surface area contributed by atoms with E-state index in [0.717, 1.165) is 28.3 Å². The Morgan fingerprint density at radius 1 is 1.24 bits per heavy atom. The van der Waals surface area contributed by atoms with E-state index >= 15 is 0 Å². The molecule has 0 radical (unpaired) electrons. The maximum atomic E-state index is 14.8. The van der Waals surface area contributed by atoms with E-state index in [9.17, 15) is 26.8 Å². The van der Waals surface area contributed by atoms with Gasteiger partial charge in [-0.15, -0.1) is 0 Å². The number of sulfonamides is 1. The highest BCUT2D eigenvalue weighted by molar-refractivity contribution is 7.88. The van der Waals surface area contributed by atoms with E-state index < -0.39 is 33.7 Å². The van der Waals surface area contributed by atoms with Crippen LogP contribution >= 0.6 is 0 Å². The van der Waals surface area contributed by atoms with Gasteiger partial charge in [-0.2, -0.15) is 13.1 Å². The average molecular weight is 544 g/mol. The van der Waals surface area contributed by atoms with Gasteiger partial charge in [0.1, 0.15) is 5.71 Å². The lowest BCUT2D eigenvalue weighted by atomic mass is 10.1. The molecule has 37 heavy (non-hydrogen) atoms. The van der Waals surface area contributed by atoms with Crippen molar-refractivity contribution < 1.29 is 36.3 Å². The number of nitrogens with two attached hydrogens (primary N) is 1. The topological polar surface area (TPSA) is 144 Å². The molecule has 3 rings (SSSR count). The van der Waals surface area contributed by atoms with Crippen molar-refractivity contribution in [3.63, 3.8) is 0 Å². The predicted octanol–water partition coefficient (Wildman–Crippen LogP) is 0.710. The van der Waals surface area contributed by atoms with Gasteiger partial charge in [0.05, 0.1) is 13.4 Å². The summed E-state index contributed by atoms with van der Waals surface area (Å²) in [5, 5.41) is 2.65. The number of halogens is 2. The molecule has 1 aliphatic heterocycles. The number of allylic oxidation sites excluding steroid dienone is 1. The molecule has 2 fully saturated rings. The van der Waals surface area contributed by atoms with Crippen LogP contribution in [0.4, 0.5) is 8.78 Å². The van der Waals surface area contributed by atoms with Crippen LogP contribution in [0.5, 0.6) is 11.5 Å². The number of hydrogen-bond acceptors (Lipinski definition) is 8. The molecule has 0 spiro atoms. The fourth-order valence-corrected chi connectivity index (χ4v) is 4.62. The first-order valence-corrected chi connectivity index (χ1v) is 13.4. The normalized spacial score (nSPS) is 17.9. The Morgan fingerprint density at radius 2 is 1.89 bits per heavy atom. The molecule has 11 nitrogen and oxygen atoms in total. The predicted molar refractivity (Wildman–Crippen MR) is 132 cm³/mol. The summed E-state index contributed by atoms with van der Waals surface area (Å²) in [6, 6.07) is 4.18. The summed E-state index contributed by atoms with van der Waals surface area (Å²) in [5.74, 6) is -2.32. The highest BCUT2D eigenvalue weighted by atomic mass is 32.2. The standard InChI is InChI=1S/C23H31F2N5O6S/c1-27-18(13-17(26)15-7-8-15)21(31)28-14-16-5-4-6-19(20(16)35-2)36-23(24,25)22(32)29-9-11-30(12-10-29)37(3,33)34/h4-6,13,15H,7-12,14,26H2,1-3H3,(H,28,31). The molecule has 204 valence electrons. The molecule has 1 saturated heterocycles. The van der Waals surface area contributed by atoms with Crippen LogP contribution in [0, 0.1) is 5.92 Å². The van der Waals surface area contributed by atoms with E-state index in [0.29, 0.717) is 11.3 Å². The maximum Gasteiger partial charge on any atom is 0.482 e. The van der Waals surface area contributed by atoms with E-state index in [-0.39, 0.29) is 50.1 Å². The minimum absolute atomic E-state index is 0.0832. The number of carbonyl (C=O) groups is 2. The van der Waals surface area contributed by atoms with Crippen molar-refractivity contribution in [2.24, 2.45) is 16.6 Å². The molecule has 2 aliphatic rings. The van der Waals surface area contributed by atoms with Crippen LogP contribution in [-0.4, -0.2) is 87.8 Å². The fourth-order valence-electron chi connectivity index (χ4n) is 3.79. The van der Waals surface area contributed by atoms with Gasteiger partial charge >= 0.3 is 12.0 Å². The van der Waals surface area contributed by atoms with Crippen LogP contribution in [0.25, 0.3) is 0 Å². The Morgan fingerprint density at radius 3 is 2.43 bits per heavy atom. The van der Waals surface area contributed by atoms with E-state index in [2.05, 4.69) is 10.3 Å². The van der Waals surface area contributed by atoms with Gasteiger partial charge in [0, 0.05) is 51.0 Å². The zero-order valence-corrected chi connectivity index (χ0v) is 21.7. The van der Waals surface area contributed by atoms with Gasteiger partial charge in [-0.25, -0.2) is 8.42 Å². The molecule has 1 heterocycles. The summed E-state index contributed by atoms with van der Waals surface area (Å²) < 4.78 is 64.0. The van der Waals surface area contributed by atoms with Gasteiger partial charge in [-0.05, 0) is 30.9 Å². The smallest absolute Gasteiger partial charge is 0.482 e. The van der Waals surface area contributed by atoms with Crippen molar-refractivity contribution in [3.8, 4) is 11.5 Å². The summed E-state index contributed by atoms with van der Waals surface area (Å²) in [5.41, 5.74) is 6.99. The number of benzene rings is 1. The highest BCUT2D eigenvalue weighted by Gasteiger charge is 2.47. The van der Waals surface area contributed by atoms with E-state index in [4.69, 9.17) is 15.2 Å². The van der Waals surface area contributed by atoms with Gasteiger partial charge in [-0.1, -0.05) is 12.1 Å². The first-order valence-electron chi connectivity index (χ1n) is 11.6. The van der Waals surface area contributed by atoms with Crippen LogP contribution in [0.2, 0.25) is 0 Å². The third-order valence-electron chi connectivity index (χ3n) is 6.01. The van der Waals surface area contributed by atoms with Crippen molar-refractivity contribution in [3.05, 3.63) is 35.5 Å². The number of alkyl halides is 2. The van der Waals surface area contributed by atoms with Gasteiger partial charge < -0.3 is 25.4 Å². The lowest BCUT2D eigenvalue weighted by molar-refractivity contribution is -0.204. The van der Waals surface area contributed by atoms with Gasteiger partial charge in [-0.3, -0.25) is 14.6 Å². The Bertz CT molecular complexity index is 1190. The molecule has 0 atom stereocenters. The molecule has 1 aliphatic carbocycles. The zero-order valence-electron chi connectivity index (χ0n) is 20.9. The number of ether oxygens (including phenoxy) is 2. The SMILES string of the molecule is CN=C(C=C(N)C1CC1)C(=O)NCc1cccc(OC(F)(F)C(=O)N2CCN(S(C)(=O)=O)CC2)c1OC. The molecule has 2 amide bonds. The van der Waals surface area contributed by atoms with E-state index in [1.807, 2.05) is 0 Å². The molecular weight excluding hydrogens is 512 g/mol. The van der Waals surface area contributed by atoms with Crippen molar-refractivity contribution >= 4 is 27.5 Å². The van der Waals surface area contributed by atoms with Crippen molar-refractivity contribution in [2.75, 3.05) is 46.6 Å². The minimum atomic E-state index is -4.24. The van der Waals surface area contributed by atoms with Gasteiger partial charge in [0.2, 0.25) is 10.0 Å². The molecule has 1 aromatic rings. The van der Waals surface area contributed by atoms with Crippen molar-refractivity contribution in [1.82, 2.24) is 14.5 Å². The number of carbonyl (C=O) groups excluding carboxylic acids is 2. The maximum absolute atomic E-state index is 14.8. The average Bonchev–Trinajstić information content (AvgIpc) is 3.70. The quantitative estimate of drug-likeness (QED) is 0.414. The third-order valence-corrected chi connectivity index (χ3v) is 7.31. The van der Waals surface area contributed by atoms with Gasteiger partial charge in [0.25, 0.3) is 5.91 Å². The van der Waals surface area contributed by atoms with Crippen LogP contribution in [0.3, 0.4) is 0 Å². The van der Waals surface area contributed by atoms with Crippen LogP contribution in [-0.2, 0) is 26.2 Å². The second kappa shape index (κ2) is 11.4.